The van der Waals surface area contributed by atoms with Crippen molar-refractivity contribution in [1.82, 2.24) is 4.98 Å². The van der Waals surface area contributed by atoms with Crippen LogP contribution in [0.2, 0.25) is 0 Å². The topological polar surface area (TPSA) is 94.3 Å². The number of anilines is 1. The lowest BCUT2D eigenvalue weighted by molar-refractivity contribution is 0.0358. The number of primary sulfonamides is 1. The second-order valence-corrected chi connectivity index (χ2v) is 10.7. The maximum Gasteiger partial charge on any atom is 0.219 e. The van der Waals surface area contributed by atoms with Crippen molar-refractivity contribution in [3.8, 4) is 0 Å². The predicted octanol–water partition coefficient (Wildman–Crippen LogP) is 3.85. The quantitative estimate of drug-likeness (QED) is 0.692. The SMILES string of the molecule is COC1(c2sc(N[C@@H](C)CC3CCCCC3)nc2C)C=CC=CC1S(N)(=O)=O. The first-order valence-electron chi connectivity index (χ1n) is 9.93. The molecule has 3 rings (SSSR count). The zero-order valence-corrected chi connectivity index (χ0v) is 18.5. The molecular formula is C20H31N3O3S2. The van der Waals surface area contributed by atoms with Crippen LogP contribution >= 0.6 is 11.3 Å². The van der Waals surface area contributed by atoms with Crippen molar-refractivity contribution in [2.24, 2.45) is 11.1 Å². The maximum atomic E-state index is 12.2. The van der Waals surface area contributed by atoms with E-state index in [9.17, 15) is 8.42 Å². The Morgan fingerprint density at radius 2 is 2.07 bits per heavy atom. The third kappa shape index (κ3) is 4.50. The van der Waals surface area contributed by atoms with Gasteiger partial charge in [0, 0.05) is 13.2 Å². The molecule has 0 spiro atoms. The summed E-state index contributed by atoms with van der Waals surface area (Å²) in [7, 11) is -2.33. The summed E-state index contributed by atoms with van der Waals surface area (Å²) in [6.45, 7) is 4.07. The molecule has 0 aliphatic heterocycles. The summed E-state index contributed by atoms with van der Waals surface area (Å²) >= 11 is 1.45. The standard InChI is InChI=1S/C20H31N3O3S2/c1-14(13-16-9-5-4-6-10-16)22-19-23-15(2)18(27-19)20(26-3)12-8-7-11-17(20)28(21,24)25/h7-8,11-12,14,16-17H,4-6,9-10,13H2,1-3H3,(H,22,23)(H2,21,24,25)/t14-,17?,20?/m0/s1. The van der Waals surface area contributed by atoms with E-state index in [1.807, 2.05) is 6.92 Å². The molecule has 2 aliphatic rings. The number of nitrogens with two attached hydrogens (primary N) is 1. The van der Waals surface area contributed by atoms with Gasteiger partial charge in [-0.25, -0.2) is 18.5 Å². The Balaban J connectivity index is 1.82. The van der Waals surface area contributed by atoms with Crippen LogP contribution in [0, 0.1) is 12.8 Å². The molecule has 1 aromatic heterocycles. The van der Waals surface area contributed by atoms with Crippen LogP contribution in [0.5, 0.6) is 0 Å². The minimum absolute atomic E-state index is 0.316. The molecule has 28 heavy (non-hydrogen) atoms. The largest absolute Gasteiger partial charge is 0.367 e. The summed E-state index contributed by atoms with van der Waals surface area (Å²) in [5.41, 5.74) is -0.399. The van der Waals surface area contributed by atoms with E-state index in [-0.39, 0.29) is 0 Å². The number of hydrogen-bond donors (Lipinski definition) is 2. The number of hydrogen-bond acceptors (Lipinski definition) is 6. The van der Waals surface area contributed by atoms with E-state index in [1.54, 1.807) is 24.3 Å². The monoisotopic (exact) mass is 425 g/mol. The lowest BCUT2D eigenvalue weighted by Crippen LogP contribution is -2.47. The maximum absolute atomic E-state index is 12.2. The van der Waals surface area contributed by atoms with Gasteiger partial charge in [-0.15, -0.1) is 0 Å². The Bertz CT molecular complexity index is 841. The summed E-state index contributed by atoms with van der Waals surface area (Å²) < 4.78 is 30.2. The van der Waals surface area contributed by atoms with E-state index < -0.39 is 20.9 Å². The minimum Gasteiger partial charge on any atom is -0.367 e. The Kier molecular flexibility index (Phi) is 6.64. The third-order valence-electron chi connectivity index (χ3n) is 5.79. The van der Waals surface area contributed by atoms with Gasteiger partial charge in [-0.1, -0.05) is 61.7 Å². The number of nitrogens with one attached hydrogen (secondary N) is 1. The number of sulfonamides is 1. The molecule has 2 unspecified atom stereocenters. The summed E-state index contributed by atoms with van der Waals surface area (Å²) in [6.07, 6.45) is 14.6. The molecule has 0 aromatic carbocycles. The molecule has 0 amide bonds. The number of aromatic nitrogens is 1. The molecule has 8 heteroatoms. The van der Waals surface area contributed by atoms with Crippen molar-refractivity contribution in [3.63, 3.8) is 0 Å². The fraction of sp³-hybridized carbons (Fsp3) is 0.650. The van der Waals surface area contributed by atoms with Gasteiger partial charge in [0.1, 0.15) is 10.9 Å². The van der Waals surface area contributed by atoms with Crippen LogP contribution in [0.3, 0.4) is 0 Å². The second-order valence-electron chi connectivity index (χ2n) is 7.97. The van der Waals surface area contributed by atoms with Crippen LogP contribution in [0.25, 0.3) is 0 Å². The molecular weight excluding hydrogens is 394 g/mol. The highest BCUT2D eigenvalue weighted by molar-refractivity contribution is 7.90. The van der Waals surface area contributed by atoms with Crippen molar-refractivity contribution >= 4 is 26.5 Å². The zero-order valence-electron chi connectivity index (χ0n) is 16.8. The van der Waals surface area contributed by atoms with Crippen molar-refractivity contribution in [3.05, 3.63) is 34.9 Å². The van der Waals surface area contributed by atoms with E-state index in [1.165, 1.54) is 50.6 Å². The highest BCUT2D eigenvalue weighted by Gasteiger charge is 2.47. The van der Waals surface area contributed by atoms with Gasteiger partial charge in [-0.3, -0.25) is 0 Å². The van der Waals surface area contributed by atoms with Crippen molar-refractivity contribution in [2.45, 2.75) is 69.3 Å². The number of nitrogens with zero attached hydrogens (tertiary/aromatic N) is 1. The average molecular weight is 426 g/mol. The van der Waals surface area contributed by atoms with E-state index in [0.717, 1.165) is 28.0 Å². The number of ether oxygens (including phenoxy) is 1. The first-order chi connectivity index (χ1) is 13.3. The number of allylic oxidation sites excluding steroid dienone is 2. The molecule has 3 atom stereocenters. The summed E-state index contributed by atoms with van der Waals surface area (Å²) in [6, 6.07) is 0.316. The van der Waals surface area contributed by atoms with Gasteiger partial charge < -0.3 is 10.1 Å². The van der Waals surface area contributed by atoms with Crippen LogP contribution < -0.4 is 10.5 Å². The van der Waals surface area contributed by atoms with Gasteiger partial charge in [-0.2, -0.15) is 0 Å². The summed E-state index contributed by atoms with van der Waals surface area (Å²) in [5.74, 6) is 0.778. The van der Waals surface area contributed by atoms with Crippen LogP contribution in [0.1, 0.15) is 56.0 Å². The molecule has 6 nitrogen and oxygen atoms in total. The Morgan fingerprint density at radius 3 is 2.71 bits per heavy atom. The average Bonchev–Trinajstić information content (AvgIpc) is 3.02. The molecule has 0 bridgehead atoms. The molecule has 156 valence electrons. The van der Waals surface area contributed by atoms with E-state index >= 15 is 0 Å². The summed E-state index contributed by atoms with van der Waals surface area (Å²) in [5, 5.41) is 8.84. The van der Waals surface area contributed by atoms with Crippen LogP contribution in [0.4, 0.5) is 5.13 Å². The Labute approximate surface area is 172 Å². The van der Waals surface area contributed by atoms with Gasteiger partial charge in [0.15, 0.2) is 5.13 Å². The first-order valence-corrected chi connectivity index (χ1v) is 12.4. The summed E-state index contributed by atoms with van der Waals surface area (Å²) in [4.78, 5) is 5.43. The first kappa shape index (κ1) is 21.5. The highest BCUT2D eigenvalue weighted by atomic mass is 32.2. The fourth-order valence-electron chi connectivity index (χ4n) is 4.45. The van der Waals surface area contributed by atoms with E-state index in [2.05, 4.69) is 17.2 Å². The molecule has 3 N–H and O–H groups in total. The van der Waals surface area contributed by atoms with Gasteiger partial charge in [0.2, 0.25) is 10.0 Å². The van der Waals surface area contributed by atoms with Crippen molar-refractivity contribution < 1.29 is 13.2 Å². The van der Waals surface area contributed by atoms with Gasteiger partial charge >= 0.3 is 0 Å². The number of rotatable bonds is 7. The molecule has 1 heterocycles. The molecule has 1 fully saturated rings. The van der Waals surface area contributed by atoms with Crippen LogP contribution in [0.15, 0.2) is 24.3 Å². The van der Waals surface area contributed by atoms with Crippen molar-refractivity contribution in [1.29, 1.82) is 0 Å². The Hall–Kier alpha value is -1.22. The normalized spacial score (nSPS) is 27.1. The zero-order chi connectivity index (χ0) is 20.4. The minimum atomic E-state index is -3.85. The number of thiazole rings is 1. The predicted molar refractivity (Wildman–Crippen MR) is 115 cm³/mol. The van der Waals surface area contributed by atoms with Crippen LogP contribution in [-0.4, -0.2) is 31.8 Å². The van der Waals surface area contributed by atoms with Gasteiger partial charge in [0.25, 0.3) is 0 Å². The number of methoxy groups -OCH3 is 1. The molecule has 2 aliphatic carbocycles. The third-order valence-corrected chi connectivity index (χ3v) is 8.22. The lowest BCUT2D eigenvalue weighted by Gasteiger charge is -2.35. The number of aryl methyl sites for hydroxylation is 1. The molecule has 1 saturated carbocycles. The molecule has 1 aromatic rings. The van der Waals surface area contributed by atoms with Gasteiger partial charge in [0.05, 0.1) is 10.6 Å². The Morgan fingerprint density at radius 1 is 1.36 bits per heavy atom. The second kappa shape index (κ2) is 8.65. The highest BCUT2D eigenvalue weighted by Crippen LogP contribution is 2.43. The molecule has 0 saturated heterocycles. The van der Waals surface area contributed by atoms with Crippen LogP contribution in [-0.2, 0) is 20.4 Å². The van der Waals surface area contributed by atoms with Crippen molar-refractivity contribution in [2.75, 3.05) is 12.4 Å². The molecule has 0 radical (unpaired) electrons. The van der Waals surface area contributed by atoms with Gasteiger partial charge in [-0.05, 0) is 32.3 Å². The fourth-order valence-corrected chi connectivity index (χ4v) is 6.88. The smallest absolute Gasteiger partial charge is 0.219 e. The van der Waals surface area contributed by atoms with E-state index in [0.29, 0.717) is 6.04 Å². The lowest BCUT2D eigenvalue weighted by atomic mass is 9.85. The van der Waals surface area contributed by atoms with E-state index in [4.69, 9.17) is 9.88 Å².